The summed E-state index contributed by atoms with van der Waals surface area (Å²) < 4.78 is 4.69. The zero-order chi connectivity index (χ0) is 12.4. The van der Waals surface area contributed by atoms with Crippen LogP contribution in [0.4, 0.5) is 0 Å². The van der Waals surface area contributed by atoms with Crippen molar-refractivity contribution in [2.24, 2.45) is 0 Å². The second kappa shape index (κ2) is 4.85. The van der Waals surface area contributed by atoms with E-state index in [1.807, 2.05) is 13.0 Å². The molecule has 2 aromatic heterocycles. The summed E-state index contributed by atoms with van der Waals surface area (Å²) >= 11 is 7.18. The van der Waals surface area contributed by atoms with Gasteiger partial charge in [0.15, 0.2) is 0 Å². The Morgan fingerprint density at radius 2 is 2.24 bits per heavy atom. The van der Waals surface area contributed by atoms with E-state index in [2.05, 4.69) is 9.72 Å². The zero-order valence-corrected chi connectivity index (χ0v) is 10.9. The van der Waals surface area contributed by atoms with Crippen LogP contribution in [0.5, 0.6) is 0 Å². The molecule has 0 aliphatic heterocycles. The third-order valence-corrected chi connectivity index (χ3v) is 3.56. The summed E-state index contributed by atoms with van der Waals surface area (Å²) in [6, 6.07) is 5.40. The number of esters is 1. The topological polar surface area (TPSA) is 39.2 Å². The number of rotatable bonds is 2. The molecule has 0 radical (unpaired) electrons. The van der Waals surface area contributed by atoms with E-state index < -0.39 is 0 Å². The van der Waals surface area contributed by atoms with Gasteiger partial charge in [0.2, 0.25) is 0 Å². The Morgan fingerprint density at radius 1 is 1.47 bits per heavy atom. The molecule has 2 aromatic rings. The third kappa shape index (κ3) is 2.48. The van der Waals surface area contributed by atoms with E-state index in [0.717, 1.165) is 16.1 Å². The van der Waals surface area contributed by atoms with Crippen molar-refractivity contribution in [3.63, 3.8) is 0 Å². The molecule has 0 fully saturated rings. The van der Waals surface area contributed by atoms with Crippen molar-refractivity contribution in [1.82, 2.24) is 4.98 Å². The Balaban J connectivity index is 2.42. The smallest absolute Gasteiger partial charge is 0.348 e. The Labute approximate surface area is 108 Å². The fraction of sp³-hybridized carbons (Fsp3) is 0.167. The van der Waals surface area contributed by atoms with Gasteiger partial charge >= 0.3 is 5.97 Å². The van der Waals surface area contributed by atoms with E-state index in [4.69, 9.17) is 11.6 Å². The number of hydrogen-bond donors (Lipinski definition) is 0. The van der Waals surface area contributed by atoms with Crippen LogP contribution in [-0.4, -0.2) is 18.1 Å². The number of carbonyl (C=O) groups is 1. The lowest BCUT2D eigenvalue weighted by Gasteiger charge is -1.98. The summed E-state index contributed by atoms with van der Waals surface area (Å²) in [6.45, 7) is 1.95. The minimum Gasteiger partial charge on any atom is -0.465 e. The SMILES string of the molecule is COC(=O)c1cc(-c2ccc(Cl)cn2)c(C)s1. The molecular weight excluding hydrogens is 258 g/mol. The average Bonchev–Trinajstić information content (AvgIpc) is 2.71. The maximum atomic E-state index is 11.4. The minimum absolute atomic E-state index is 0.321. The van der Waals surface area contributed by atoms with Gasteiger partial charge in [0.05, 0.1) is 17.8 Å². The van der Waals surface area contributed by atoms with Crippen LogP contribution >= 0.6 is 22.9 Å². The summed E-state index contributed by atoms with van der Waals surface area (Å²) in [7, 11) is 1.37. The second-order valence-corrected chi connectivity index (χ2v) is 5.13. The molecule has 0 bridgehead atoms. The molecule has 2 rings (SSSR count). The number of methoxy groups -OCH3 is 1. The molecule has 0 N–H and O–H groups in total. The maximum Gasteiger partial charge on any atom is 0.348 e. The number of hydrogen-bond acceptors (Lipinski definition) is 4. The van der Waals surface area contributed by atoms with Crippen molar-refractivity contribution in [3.8, 4) is 11.3 Å². The van der Waals surface area contributed by atoms with Crippen LogP contribution in [0.25, 0.3) is 11.3 Å². The van der Waals surface area contributed by atoms with Crippen molar-refractivity contribution in [3.05, 3.63) is 39.2 Å². The van der Waals surface area contributed by atoms with Gasteiger partial charge in [-0.25, -0.2) is 4.79 Å². The molecule has 0 amide bonds. The average molecular weight is 268 g/mol. The summed E-state index contributed by atoms with van der Waals surface area (Å²) in [5.41, 5.74) is 1.74. The first-order chi connectivity index (χ1) is 8.11. The Bertz CT molecular complexity index is 548. The molecule has 0 unspecified atom stereocenters. The lowest BCUT2D eigenvalue weighted by Crippen LogP contribution is -1.96. The standard InChI is InChI=1S/C12H10ClNO2S/c1-7-9(5-11(17-7)12(15)16-2)10-4-3-8(13)6-14-10/h3-6H,1-2H3. The van der Waals surface area contributed by atoms with Gasteiger partial charge in [0.25, 0.3) is 0 Å². The molecule has 0 aliphatic rings. The highest BCUT2D eigenvalue weighted by Gasteiger charge is 2.14. The quantitative estimate of drug-likeness (QED) is 0.781. The molecule has 0 saturated carbocycles. The lowest BCUT2D eigenvalue weighted by molar-refractivity contribution is 0.0606. The van der Waals surface area contributed by atoms with Gasteiger partial charge in [-0.15, -0.1) is 11.3 Å². The number of pyridine rings is 1. The Morgan fingerprint density at radius 3 is 2.82 bits per heavy atom. The van der Waals surface area contributed by atoms with Crippen molar-refractivity contribution in [2.75, 3.05) is 7.11 Å². The van der Waals surface area contributed by atoms with Gasteiger partial charge in [-0.2, -0.15) is 0 Å². The van der Waals surface area contributed by atoms with Crippen LogP contribution in [0.1, 0.15) is 14.5 Å². The van der Waals surface area contributed by atoms with Crippen LogP contribution < -0.4 is 0 Å². The van der Waals surface area contributed by atoms with Crippen LogP contribution in [0.15, 0.2) is 24.4 Å². The number of carbonyl (C=O) groups excluding carboxylic acids is 1. The van der Waals surface area contributed by atoms with Gasteiger partial charge in [0.1, 0.15) is 4.88 Å². The number of halogens is 1. The van der Waals surface area contributed by atoms with Crippen LogP contribution in [0.2, 0.25) is 5.02 Å². The summed E-state index contributed by atoms with van der Waals surface area (Å²) in [4.78, 5) is 17.2. The largest absolute Gasteiger partial charge is 0.465 e. The number of nitrogens with zero attached hydrogens (tertiary/aromatic N) is 1. The molecule has 17 heavy (non-hydrogen) atoms. The van der Waals surface area contributed by atoms with E-state index in [-0.39, 0.29) is 5.97 Å². The fourth-order valence-corrected chi connectivity index (χ4v) is 2.53. The number of aromatic nitrogens is 1. The first-order valence-corrected chi connectivity index (χ1v) is 6.12. The fourth-order valence-electron chi connectivity index (χ4n) is 1.47. The molecular formula is C12H10ClNO2S. The summed E-state index contributed by atoms with van der Waals surface area (Å²) in [5, 5.41) is 0.592. The van der Waals surface area contributed by atoms with Gasteiger partial charge in [0, 0.05) is 16.6 Å². The van der Waals surface area contributed by atoms with Crippen molar-refractivity contribution in [2.45, 2.75) is 6.92 Å². The van der Waals surface area contributed by atoms with Crippen LogP contribution in [-0.2, 0) is 4.74 Å². The van der Waals surface area contributed by atoms with E-state index in [1.54, 1.807) is 18.3 Å². The predicted octanol–water partition coefficient (Wildman–Crippen LogP) is 3.56. The molecule has 0 aromatic carbocycles. The molecule has 0 atom stereocenters. The van der Waals surface area contributed by atoms with Gasteiger partial charge < -0.3 is 4.74 Å². The molecule has 3 nitrogen and oxygen atoms in total. The van der Waals surface area contributed by atoms with Gasteiger partial charge in [-0.3, -0.25) is 4.98 Å². The van der Waals surface area contributed by atoms with Gasteiger partial charge in [-0.1, -0.05) is 11.6 Å². The van der Waals surface area contributed by atoms with Crippen molar-refractivity contribution >= 4 is 28.9 Å². The lowest BCUT2D eigenvalue weighted by atomic mass is 10.1. The summed E-state index contributed by atoms with van der Waals surface area (Å²) in [5.74, 6) is -0.321. The molecule has 0 aliphatic carbocycles. The van der Waals surface area contributed by atoms with E-state index >= 15 is 0 Å². The molecule has 0 saturated heterocycles. The zero-order valence-electron chi connectivity index (χ0n) is 9.36. The molecule has 0 spiro atoms. The predicted molar refractivity (Wildman–Crippen MR) is 68.6 cm³/mol. The van der Waals surface area contributed by atoms with Crippen molar-refractivity contribution < 1.29 is 9.53 Å². The highest BCUT2D eigenvalue weighted by atomic mass is 35.5. The third-order valence-electron chi connectivity index (χ3n) is 2.31. The Hall–Kier alpha value is -1.39. The van der Waals surface area contributed by atoms with Gasteiger partial charge in [-0.05, 0) is 25.1 Å². The molecule has 2 heterocycles. The number of aryl methyl sites for hydroxylation is 1. The highest BCUT2D eigenvalue weighted by molar-refractivity contribution is 7.14. The monoisotopic (exact) mass is 267 g/mol. The van der Waals surface area contributed by atoms with E-state index in [1.165, 1.54) is 18.4 Å². The molecule has 88 valence electrons. The minimum atomic E-state index is -0.321. The Kier molecular flexibility index (Phi) is 3.45. The first kappa shape index (κ1) is 12.1. The van der Waals surface area contributed by atoms with Crippen LogP contribution in [0.3, 0.4) is 0 Å². The van der Waals surface area contributed by atoms with E-state index in [0.29, 0.717) is 9.90 Å². The summed E-state index contributed by atoms with van der Waals surface area (Å²) in [6.07, 6.45) is 1.59. The molecule has 5 heteroatoms. The normalized spacial score (nSPS) is 10.3. The highest BCUT2D eigenvalue weighted by Crippen LogP contribution is 2.30. The first-order valence-electron chi connectivity index (χ1n) is 4.92. The maximum absolute atomic E-state index is 11.4. The van der Waals surface area contributed by atoms with Crippen molar-refractivity contribution in [1.29, 1.82) is 0 Å². The number of ether oxygens (including phenoxy) is 1. The van der Waals surface area contributed by atoms with E-state index in [9.17, 15) is 4.79 Å². The second-order valence-electron chi connectivity index (χ2n) is 3.43. The number of thiophene rings is 1. The van der Waals surface area contributed by atoms with Crippen LogP contribution in [0, 0.1) is 6.92 Å².